The van der Waals surface area contributed by atoms with Crippen molar-refractivity contribution in [2.45, 2.75) is 13.1 Å². The molecule has 0 aliphatic heterocycles. The summed E-state index contributed by atoms with van der Waals surface area (Å²) in [4.78, 5) is 13.6. The van der Waals surface area contributed by atoms with E-state index in [-0.39, 0.29) is 24.7 Å². The van der Waals surface area contributed by atoms with Crippen molar-refractivity contribution in [3.8, 4) is 5.69 Å². The molecule has 0 saturated heterocycles. The van der Waals surface area contributed by atoms with Crippen LogP contribution in [0, 0.1) is 0 Å². The van der Waals surface area contributed by atoms with Crippen LogP contribution in [0.2, 0.25) is 0 Å². The molecule has 2 rings (SSSR count). The van der Waals surface area contributed by atoms with E-state index in [0.717, 1.165) is 16.9 Å². The fraction of sp³-hybridized carbons (Fsp3) is 0.357. The van der Waals surface area contributed by atoms with Gasteiger partial charge in [-0.05, 0) is 25.1 Å². The van der Waals surface area contributed by atoms with Crippen LogP contribution in [0.1, 0.15) is 23.0 Å². The van der Waals surface area contributed by atoms with Gasteiger partial charge in [0.05, 0.1) is 17.9 Å². The van der Waals surface area contributed by atoms with Crippen LogP contribution in [0.3, 0.4) is 0 Å². The van der Waals surface area contributed by atoms with Gasteiger partial charge in [-0.3, -0.25) is 0 Å². The van der Waals surface area contributed by atoms with Crippen LogP contribution in [0.25, 0.3) is 5.69 Å². The Bertz CT molecular complexity index is 730. The number of halogens is 3. The van der Waals surface area contributed by atoms with Gasteiger partial charge >= 0.3 is 12.1 Å². The largest absolute Gasteiger partial charge is 0.476 e. The molecule has 0 atom stereocenters. The Morgan fingerprint density at radius 3 is 2.58 bits per heavy atom. The zero-order chi connectivity index (χ0) is 17.9. The summed E-state index contributed by atoms with van der Waals surface area (Å²) in [6.07, 6.45) is -4.53. The number of rotatable bonds is 6. The molecule has 0 bridgehead atoms. The summed E-state index contributed by atoms with van der Waals surface area (Å²) in [5, 5.41) is 26.0. The third-order valence-corrected chi connectivity index (χ3v) is 3.25. The first-order valence-electron chi connectivity index (χ1n) is 7.02. The van der Waals surface area contributed by atoms with Crippen LogP contribution in [0.15, 0.2) is 24.3 Å². The predicted octanol–water partition coefficient (Wildman–Crippen LogP) is 1.80. The summed E-state index contributed by atoms with van der Waals surface area (Å²) in [6, 6.07) is 4.26. The van der Waals surface area contributed by atoms with Crippen LogP contribution >= 0.6 is 0 Å². The van der Waals surface area contributed by atoms with E-state index < -0.39 is 23.4 Å². The molecule has 0 aliphatic rings. The number of hydrogen-bond acceptors (Lipinski definition) is 5. The quantitative estimate of drug-likeness (QED) is 0.830. The summed E-state index contributed by atoms with van der Waals surface area (Å²) in [5.41, 5.74) is -1.31. The van der Waals surface area contributed by atoms with E-state index >= 15 is 0 Å². The average molecular weight is 344 g/mol. The first-order chi connectivity index (χ1) is 11.3. The van der Waals surface area contributed by atoms with Crippen molar-refractivity contribution in [1.82, 2.24) is 15.0 Å². The van der Waals surface area contributed by atoms with Crippen LogP contribution in [0.4, 0.5) is 19.0 Å². The molecule has 7 nitrogen and oxygen atoms in total. The fourth-order valence-electron chi connectivity index (χ4n) is 2.11. The van der Waals surface area contributed by atoms with Crippen molar-refractivity contribution in [2.24, 2.45) is 0 Å². The van der Waals surface area contributed by atoms with Crippen molar-refractivity contribution in [1.29, 1.82) is 0 Å². The Labute approximate surface area is 134 Å². The van der Waals surface area contributed by atoms with Gasteiger partial charge in [-0.15, -0.1) is 15.0 Å². The smallest absolute Gasteiger partial charge is 0.416 e. The lowest BCUT2D eigenvalue weighted by Crippen LogP contribution is -2.28. The number of nitrogens with zero attached hydrogens (tertiary/aromatic N) is 4. The summed E-state index contributed by atoms with van der Waals surface area (Å²) in [5.74, 6) is -1.38. The Morgan fingerprint density at radius 1 is 1.33 bits per heavy atom. The number of carbonyl (C=O) groups is 1. The van der Waals surface area contributed by atoms with Gasteiger partial charge in [0, 0.05) is 13.1 Å². The molecule has 0 amide bonds. The van der Waals surface area contributed by atoms with Gasteiger partial charge in [-0.2, -0.15) is 13.2 Å². The van der Waals surface area contributed by atoms with Crippen LogP contribution < -0.4 is 4.90 Å². The maximum absolute atomic E-state index is 12.8. The van der Waals surface area contributed by atoms with Crippen molar-refractivity contribution in [2.75, 3.05) is 24.6 Å². The molecule has 1 aromatic carbocycles. The second-order valence-corrected chi connectivity index (χ2v) is 4.82. The number of carboxylic acid groups (broad SMARTS) is 1. The number of hydrogen-bond donors (Lipinski definition) is 2. The topological polar surface area (TPSA) is 91.5 Å². The summed E-state index contributed by atoms with van der Waals surface area (Å²) < 4.78 is 38.4. The van der Waals surface area contributed by atoms with E-state index in [4.69, 9.17) is 5.11 Å². The number of alkyl halides is 3. The van der Waals surface area contributed by atoms with Crippen molar-refractivity contribution in [3.63, 3.8) is 0 Å². The molecule has 0 saturated carbocycles. The highest BCUT2D eigenvalue weighted by atomic mass is 19.4. The number of aliphatic hydroxyl groups excluding tert-OH is 1. The van der Waals surface area contributed by atoms with E-state index in [1.165, 1.54) is 17.0 Å². The molecule has 130 valence electrons. The summed E-state index contributed by atoms with van der Waals surface area (Å²) >= 11 is 0. The lowest BCUT2D eigenvalue weighted by atomic mass is 10.2. The van der Waals surface area contributed by atoms with E-state index in [0.29, 0.717) is 6.54 Å². The molecule has 0 radical (unpaired) electrons. The second-order valence-electron chi connectivity index (χ2n) is 4.82. The third kappa shape index (κ3) is 3.65. The molecule has 2 aromatic rings. The first kappa shape index (κ1) is 17.7. The SMILES string of the molecule is CCN(CCO)c1nn(-c2cccc(C(F)(F)F)c2)nc1C(=O)O. The Hall–Kier alpha value is -2.62. The van der Waals surface area contributed by atoms with Crippen LogP contribution in [0.5, 0.6) is 0 Å². The minimum Gasteiger partial charge on any atom is -0.476 e. The second kappa shape index (κ2) is 6.87. The van der Waals surface area contributed by atoms with Gasteiger partial charge in [0.25, 0.3) is 0 Å². The Kier molecular flexibility index (Phi) is 5.07. The average Bonchev–Trinajstić information content (AvgIpc) is 2.97. The van der Waals surface area contributed by atoms with Crippen LogP contribution in [-0.4, -0.2) is 50.9 Å². The zero-order valence-corrected chi connectivity index (χ0v) is 12.7. The van der Waals surface area contributed by atoms with Gasteiger partial charge in [0.15, 0.2) is 5.82 Å². The molecule has 1 heterocycles. The molecule has 0 aliphatic carbocycles. The van der Waals surface area contributed by atoms with E-state index in [2.05, 4.69) is 10.2 Å². The zero-order valence-electron chi connectivity index (χ0n) is 12.7. The molecule has 1 aromatic heterocycles. The number of anilines is 1. The predicted molar refractivity (Wildman–Crippen MR) is 78.3 cm³/mol. The maximum atomic E-state index is 12.8. The minimum atomic E-state index is -4.53. The van der Waals surface area contributed by atoms with Crippen molar-refractivity contribution >= 4 is 11.8 Å². The minimum absolute atomic E-state index is 0.0152. The maximum Gasteiger partial charge on any atom is 0.416 e. The standard InChI is InChI=1S/C14H15F3N4O3/c1-2-20(6-7-22)12-11(13(23)24)18-21(19-12)10-5-3-4-9(8-10)14(15,16)17/h3-5,8,22H,2,6-7H2,1H3,(H,23,24). The summed E-state index contributed by atoms with van der Waals surface area (Å²) in [7, 11) is 0. The van der Waals surface area contributed by atoms with Gasteiger partial charge in [0.2, 0.25) is 5.69 Å². The fourth-order valence-corrected chi connectivity index (χ4v) is 2.11. The molecular formula is C14H15F3N4O3. The highest BCUT2D eigenvalue weighted by Gasteiger charge is 2.31. The number of aromatic carboxylic acids is 1. The van der Waals surface area contributed by atoms with Crippen molar-refractivity contribution < 1.29 is 28.2 Å². The molecule has 0 unspecified atom stereocenters. The number of carboxylic acids is 1. The van der Waals surface area contributed by atoms with Crippen LogP contribution in [-0.2, 0) is 6.18 Å². The van der Waals surface area contributed by atoms with E-state index in [9.17, 15) is 23.1 Å². The monoisotopic (exact) mass is 344 g/mol. The molecule has 0 fully saturated rings. The number of aliphatic hydroxyl groups is 1. The molecule has 0 spiro atoms. The highest BCUT2D eigenvalue weighted by Crippen LogP contribution is 2.30. The lowest BCUT2D eigenvalue weighted by Gasteiger charge is -2.18. The number of benzene rings is 1. The van der Waals surface area contributed by atoms with Gasteiger partial charge in [-0.25, -0.2) is 4.79 Å². The normalized spacial score (nSPS) is 11.5. The first-order valence-corrected chi connectivity index (χ1v) is 7.02. The van der Waals surface area contributed by atoms with Gasteiger partial charge in [0.1, 0.15) is 0 Å². The Balaban J connectivity index is 2.51. The Morgan fingerprint density at radius 2 is 2.04 bits per heavy atom. The third-order valence-electron chi connectivity index (χ3n) is 3.25. The number of likely N-dealkylation sites (N-methyl/N-ethyl adjacent to an activating group) is 1. The van der Waals surface area contributed by atoms with Crippen molar-refractivity contribution in [3.05, 3.63) is 35.5 Å². The molecule has 10 heteroatoms. The molecular weight excluding hydrogens is 329 g/mol. The lowest BCUT2D eigenvalue weighted by molar-refractivity contribution is -0.137. The summed E-state index contributed by atoms with van der Waals surface area (Å²) in [6.45, 7) is 1.97. The van der Waals surface area contributed by atoms with Gasteiger partial charge < -0.3 is 15.1 Å². The molecule has 2 N–H and O–H groups in total. The number of aromatic nitrogens is 3. The van der Waals surface area contributed by atoms with E-state index in [1.807, 2.05) is 0 Å². The van der Waals surface area contributed by atoms with Gasteiger partial charge in [-0.1, -0.05) is 6.07 Å². The van der Waals surface area contributed by atoms with E-state index in [1.54, 1.807) is 6.92 Å². The highest BCUT2D eigenvalue weighted by molar-refractivity contribution is 5.91. The molecule has 24 heavy (non-hydrogen) atoms.